The molecule has 0 atom stereocenters. The van der Waals surface area contributed by atoms with Crippen LogP contribution < -0.4 is 10.1 Å². The molecule has 0 saturated carbocycles. The fraction of sp³-hybridized carbons (Fsp3) is 0.0714. The Bertz CT molecular complexity index is 701. The molecule has 116 valence electrons. The Labute approximate surface area is 155 Å². The Balaban J connectivity index is 2.02. The van der Waals surface area contributed by atoms with Crippen molar-refractivity contribution in [1.82, 2.24) is 0 Å². The molecule has 0 aliphatic heterocycles. The van der Waals surface area contributed by atoms with Crippen molar-refractivity contribution in [3.63, 3.8) is 0 Å². The van der Waals surface area contributed by atoms with Crippen molar-refractivity contribution in [3.05, 3.63) is 54.9 Å². The number of benzene rings is 2. The molecule has 0 aromatic heterocycles. The molecule has 0 bridgehead atoms. The van der Waals surface area contributed by atoms with Gasteiger partial charge in [0.15, 0.2) is 12.4 Å². The molecule has 2 aromatic carbocycles. The van der Waals surface area contributed by atoms with Crippen LogP contribution in [0.1, 0.15) is 0 Å². The zero-order valence-electron chi connectivity index (χ0n) is 10.8. The minimum Gasteiger partial charge on any atom is -0.481 e. The van der Waals surface area contributed by atoms with E-state index in [9.17, 15) is 4.79 Å². The number of amides is 1. The van der Waals surface area contributed by atoms with Crippen molar-refractivity contribution in [2.75, 3.05) is 11.9 Å². The van der Waals surface area contributed by atoms with Crippen LogP contribution in [0.25, 0.3) is 0 Å². The predicted octanol–water partition coefficient (Wildman–Crippen LogP) is 6.08. The predicted molar refractivity (Wildman–Crippen MR) is 94.7 cm³/mol. The van der Waals surface area contributed by atoms with Gasteiger partial charge in [0, 0.05) is 10.0 Å². The van der Waals surface area contributed by atoms with Crippen LogP contribution in [-0.4, -0.2) is 12.5 Å². The van der Waals surface area contributed by atoms with Gasteiger partial charge in [-0.3, -0.25) is 4.79 Å². The topological polar surface area (TPSA) is 38.3 Å². The number of hydrogen-bond acceptors (Lipinski definition) is 2. The van der Waals surface area contributed by atoms with Gasteiger partial charge in [-0.25, -0.2) is 0 Å². The minimum absolute atomic E-state index is 0.237. The van der Waals surface area contributed by atoms with Gasteiger partial charge in [0.05, 0.1) is 20.2 Å². The number of carbonyl (C=O) groups excluding carboxylic acids is 1. The first-order valence-electron chi connectivity index (χ1n) is 5.89. The molecule has 2 rings (SSSR count). The first-order valence-corrected chi connectivity index (χ1v) is 8.19. The molecule has 0 saturated heterocycles. The summed E-state index contributed by atoms with van der Waals surface area (Å²) in [7, 11) is 0. The molecule has 3 nitrogen and oxygen atoms in total. The Morgan fingerprint density at radius 2 is 1.73 bits per heavy atom. The normalized spacial score (nSPS) is 10.4. The summed E-state index contributed by atoms with van der Waals surface area (Å²) in [6.45, 7) is -0.237. The SMILES string of the molecule is O=C(COc1c(Cl)cc(Cl)cc1Br)Nc1ccc(Cl)cc1Cl. The summed E-state index contributed by atoms with van der Waals surface area (Å²) in [5.41, 5.74) is 0.445. The van der Waals surface area contributed by atoms with Crippen LogP contribution in [0, 0.1) is 0 Å². The quantitative estimate of drug-likeness (QED) is 0.621. The lowest BCUT2D eigenvalue weighted by Gasteiger charge is -2.11. The smallest absolute Gasteiger partial charge is 0.262 e. The number of halogens is 5. The summed E-state index contributed by atoms with van der Waals surface area (Å²) in [5, 5.41) is 4.20. The van der Waals surface area contributed by atoms with E-state index in [1.165, 1.54) is 12.1 Å². The molecule has 0 fully saturated rings. The maximum absolute atomic E-state index is 11.9. The summed E-state index contributed by atoms with van der Waals surface area (Å²) >= 11 is 26.9. The van der Waals surface area contributed by atoms with Crippen molar-refractivity contribution < 1.29 is 9.53 Å². The summed E-state index contributed by atoms with van der Waals surface area (Å²) in [5.74, 6) is -0.0504. The van der Waals surface area contributed by atoms with Gasteiger partial charge in [0.25, 0.3) is 5.91 Å². The van der Waals surface area contributed by atoms with E-state index in [2.05, 4.69) is 21.2 Å². The lowest BCUT2D eigenvalue weighted by molar-refractivity contribution is -0.118. The van der Waals surface area contributed by atoms with Gasteiger partial charge in [0.1, 0.15) is 0 Å². The highest BCUT2D eigenvalue weighted by atomic mass is 79.9. The maximum atomic E-state index is 11.9. The Hall–Kier alpha value is -0.650. The van der Waals surface area contributed by atoms with E-state index in [4.69, 9.17) is 51.1 Å². The maximum Gasteiger partial charge on any atom is 0.262 e. The highest BCUT2D eigenvalue weighted by Crippen LogP contribution is 2.36. The number of carbonyl (C=O) groups is 1. The van der Waals surface area contributed by atoms with Gasteiger partial charge in [0.2, 0.25) is 0 Å². The second-order valence-corrected chi connectivity index (χ2v) is 6.70. The standard InChI is InChI=1S/C14H8BrCl4NO2/c15-9-3-8(17)5-11(19)14(9)22-6-13(21)20-12-2-1-7(16)4-10(12)18/h1-5H,6H2,(H,20,21). The molecular formula is C14H8BrCl4NO2. The number of nitrogens with one attached hydrogen (secondary N) is 1. The fourth-order valence-electron chi connectivity index (χ4n) is 1.58. The molecule has 22 heavy (non-hydrogen) atoms. The highest BCUT2D eigenvalue weighted by Gasteiger charge is 2.12. The number of hydrogen-bond donors (Lipinski definition) is 1. The van der Waals surface area contributed by atoms with Crippen molar-refractivity contribution in [2.24, 2.45) is 0 Å². The lowest BCUT2D eigenvalue weighted by Crippen LogP contribution is -2.20. The van der Waals surface area contributed by atoms with Crippen LogP contribution in [-0.2, 0) is 4.79 Å². The molecule has 0 unspecified atom stereocenters. The van der Waals surface area contributed by atoms with Gasteiger partial charge in [-0.15, -0.1) is 0 Å². The summed E-state index contributed by atoms with van der Waals surface area (Å²) in [6.07, 6.45) is 0. The van der Waals surface area contributed by atoms with E-state index in [1.54, 1.807) is 18.2 Å². The van der Waals surface area contributed by atoms with Crippen LogP contribution in [0.15, 0.2) is 34.8 Å². The lowest BCUT2D eigenvalue weighted by atomic mass is 10.3. The van der Waals surface area contributed by atoms with E-state index < -0.39 is 0 Å². The van der Waals surface area contributed by atoms with Crippen LogP contribution in [0.5, 0.6) is 5.75 Å². The number of anilines is 1. The summed E-state index contributed by atoms with van der Waals surface area (Å²) in [6, 6.07) is 7.91. The number of ether oxygens (including phenoxy) is 1. The van der Waals surface area contributed by atoms with E-state index in [-0.39, 0.29) is 12.5 Å². The zero-order chi connectivity index (χ0) is 16.3. The Morgan fingerprint density at radius 1 is 1.05 bits per heavy atom. The van der Waals surface area contributed by atoms with Gasteiger partial charge >= 0.3 is 0 Å². The average molecular weight is 444 g/mol. The minimum atomic E-state index is -0.387. The van der Waals surface area contributed by atoms with Crippen LogP contribution in [0.2, 0.25) is 20.1 Å². The molecular weight excluding hydrogens is 436 g/mol. The summed E-state index contributed by atoms with van der Waals surface area (Å²) < 4.78 is 5.96. The second kappa shape index (κ2) is 7.75. The first kappa shape index (κ1) is 17.7. The van der Waals surface area contributed by atoms with Crippen molar-refractivity contribution in [3.8, 4) is 5.75 Å². The molecule has 0 radical (unpaired) electrons. The van der Waals surface area contributed by atoms with Crippen molar-refractivity contribution in [2.45, 2.75) is 0 Å². The molecule has 0 heterocycles. The van der Waals surface area contributed by atoms with E-state index >= 15 is 0 Å². The third-order valence-corrected chi connectivity index (χ3v) is 4.15. The number of rotatable bonds is 4. The van der Waals surface area contributed by atoms with Gasteiger partial charge in [-0.1, -0.05) is 46.4 Å². The summed E-state index contributed by atoms with van der Waals surface area (Å²) in [4.78, 5) is 11.9. The third kappa shape index (κ3) is 4.67. The average Bonchev–Trinajstić information content (AvgIpc) is 2.40. The van der Waals surface area contributed by atoms with E-state index in [1.807, 2.05) is 0 Å². The monoisotopic (exact) mass is 441 g/mol. The first-order chi connectivity index (χ1) is 10.4. The van der Waals surface area contributed by atoms with Crippen molar-refractivity contribution in [1.29, 1.82) is 0 Å². The van der Waals surface area contributed by atoms with Crippen LogP contribution >= 0.6 is 62.3 Å². The highest BCUT2D eigenvalue weighted by molar-refractivity contribution is 9.10. The van der Waals surface area contributed by atoms with E-state index in [0.29, 0.717) is 36.0 Å². The molecule has 0 aliphatic rings. The molecule has 1 N–H and O–H groups in total. The second-order valence-electron chi connectivity index (χ2n) is 4.16. The van der Waals surface area contributed by atoms with Crippen molar-refractivity contribution >= 4 is 73.9 Å². The Morgan fingerprint density at radius 3 is 2.36 bits per heavy atom. The largest absolute Gasteiger partial charge is 0.481 e. The Kier molecular flexibility index (Phi) is 6.24. The molecule has 2 aromatic rings. The van der Waals surface area contributed by atoms with Crippen LogP contribution in [0.4, 0.5) is 5.69 Å². The zero-order valence-corrected chi connectivity index (χ0v) is 15.4. The third-order valence-electron chi connectivity index (χ3n) is 2.52. The molecule has 0 aliphatic carbocycles. The molecule has 1 amide bonds. The van der Waals surface area contributed by atoms with E-state index in [0.717, 1.165) is 0 Å². The van der Waals surface area contributed by atoms with Crippen LogP contribution in [0.3, 0.4) is 0 Å². The fourth-order valence-corrected chi connectivity index (χ4v) is 3.41. The van der Waals surface area contributed by atoms with Gasteiger partial charge in [-0.2, -0.15) is 0 Å². The van der Waals surface area contributed by atoms with Gasteiger partial charge in [-0.05, 0) is 46.3 Å². The van der Waals surface area contributed by atoms with Gasteiger partial charge < -0.3 is 10.1 Å². The molecule has 8 heteroatoms. The molecule has 0 spiro atoms.